The number of nitrogens with zero attached hydrogens (tertiary/aromatic N) is 4. The largest absolute Gasteiger partial charge is 0.213 e. The number of para-hydroxylation sites is 2. The van der Waals surface area contributed by atoms with Crippen LogP contribution in [0.15, 0.2) is 261 Å². The Kier molecular flexibility index (Phi) is 21.9. The molecule has 0 saturated heterocycles. The lowest BCUT2D eigenvalue weighted by atomic mass is 9.92. The lowest BCUT2D eigenvalue weighted by Crippen LogP contribution is -2.32. The molecular formula is C107H106F4N4+4. The zero-order valence-corrected chi connectivity index (χ0v) is 69.2. The van der Waals surface area contributed by atoms with Crippen LogP contribution in [0.25, 0.3) is 133 Å². The molecule has 0 amide bonds. The van der Waals surface area contributed by atoms with Crippen LogP contribution in [0.1, 0.15) is 108 Å². The molecule has 4 aromatic heterocycles. The monoisotopic (exact) mass is 1530 g/mol. The summed E-state index contributed by atoms with van der Waals surface area (Å²) in [4.78, 5) is 0. The number of halogens is 4. The van der Waals surface area contributed by atoms with Crippen LogP contribution in [0.4, 0.5) is 17.6 Å². The van der Waals surface area contributed by atoms with Crippen LogP contribution >= 0.6 is 0 Å². The second kappa shape index (κ2) is 34.4. The third kappa shape index (κ3) is 17.6. The Balaban J connectivity index is 0.000000140. The Bertz CT molecular complexity index is 6590. The van der Waals surface area contributed by atoms with Crippen molar-refractivity contribution < 1.29 is 44.1 Å². The maximum atomic E-state index is 13.7. The fourth-order valence-corrected chi connectivity index (χ4v) is 16.2. The topological polar surface area (TPSA) is 15.5 Å². The third-order valence-corrected chi connectivity index (χ3v) is 22.4. The lowest BCUT2D eigenvalue weighted by molar-refractivity contribution is -0.633. The van der Waals surface area contributed by atoms with Crippen LogP contribution in [0, 0.1) is 111 Å². The molecule has 0 radical (unpaired) electrons. The number of pyridine rings is 4. The van der Waals surface area contributed by atoms with Gasteiger partial charge in [0, 0.05) is 95.7 Å². The van der Waals surface area contributed by atoms with Crippen molar-refractivity contribution in [3.05, 3.63) is 356 Å². The summed E-state index contributed by atoms with van der Waals surface area (Å²) in [5.74, 6) is 0.0745. The summed E-state index contributed by atoms with van der Waals surface area (Å²) in [6, 6.07) is 83.8. The van der Waals surface area contributed by atoms with Gasteiger partial charge in [0.15, 0.2) is 0 Å². The molecule has 8 heteroatoms. The molecule has 0 aliphatic heterocycles. The van der Waals surface area contributed by atoms with Crippen molar-refractivity contribution in [2.24, 2.45) is 40.0 Å². The molecule has 16 aromatic rings. The van der Waals surface area contributed by atoms with Crippen LogP contribution < -0.4 is 18.3 Å². The summed E-state index contributed by atoms with van der Waals surface area (Å²) in [5.41, 5.74) is 34.1. The van der Waals surface area contributed by atoms with Crippen LogP contribution in [0.2, 0.25) is 0 Å². The highest BCUT2D eigenvalue weighted by Crippen LogP contribution is 2.39. The van der Waals surface area contributed by atoms with Gasteiger partial charge >= 0.3 is 0 Å². The summed E-state index contributed by atoms with van der Waals surface area (Å²) in [6.45, 7) is 22.8. The van der Waals surface area contributed by atoms with Crippen LogP contribution in [-0.2, 0) is 41.0 Å². The molecule has 0 fully saturated rings. The number of fused-ring (bicyclic) bond motifs is 4. The van der Waals surface area contributed by atoms with Crippen molar-refractivity contribution in [2.45, 2.75) is 117 Å². The van der Waals surface area contributed by atoms with E-state index in [0.29, 0.717) is 23.0 Å². The van der Waals surface area contributed by atoms with Crippen molar-refractivity contribution in [1.82, 2.24) is 0 Å². The summed E-state index contributed by atoms with van der Waals surface area (Å²) in [7, 11) is 8.28. The first-order valence-corrected chi connectivity index (χ1v) is 39.6. The summed E-state index contributed by atoms with van der Waals surface area (Å²) >= 11 is 0. The number of hydrogen-bond donors (Lipinski definition) is 0. The molecule has 0 aliphatic carbocycles. The number of aromatic nitrogens is 4. The smallest absolute Gasteiger partial charge is 0.207 e. The molecule has 115 heavy (non-hydrogen) atoms. The summed E-state index contributed by atoms with van der Waals surface area (Å²) in [5, 5.41) is 4.48. The Morgan fingerprint density at radius 1 is 0.261 bits per heavy atom. The normalized spacial score (nSPS) is 12.3. The molecule has 0 spiro atoms. The van der Waals surface area contributed by atoms with E-state index in [0.717, 1.165) is 157 Å². The first-order chi connectivity index (χ1) is 57.4. The first kappa shape index (κ1) is 73.2. The predicted molar refractivity (Wildman–Crippen MR) is 473 cm³/mol. The van der Waals surface area contributed by atoms with E-state index in [-0.39, 0.29) is 23.3 Å². The van der Waals surface area contributed by atoms with Crippen LogP contribution in [0.3, 0.4) is 0 Å². The minimum absolute atomic E-state index is 0.213. The first-order valence-electron chi connectivity index (χ1n) is 42.6. The van der Waals surface area contributed by atoms with Gasteiger partial charge in [0.25, 0.3) is 0 Å². The maximum Gasteiger partial charge on any atom is 0.213 e. The van der Waals surface area contributed by atoms with Crippen molar-refractivity contribution in [2.75, 3.05) is 0 Å². The van der Waals surface area contributed by atoms with E-state index in [1.807, 2.05) is 84.3 Å². The average Bonchev–Trinajstić information content (AvgIpc) is 0.764. The Morgan fingerprint density at radius 2 is 0.583 bits per heavy atom. The van der Waals surface area contributed by atoms with Gasteiger partial charge in [-0.2, -0.15) is 18.3 Å². The molecule has 0 atom stereocenters. The van der Waals surface area contributed by atoms with E-state index in [1.54, 1.807) is 24.3 Å². The fraction of sp³-hybridized carbons (Fsp3) is 0.215. The molecule has 578 valence electrons. The number of hydrogen-bond acceptors (Lipinski definition) is 0. The second-order valence-electron chi connectivity index (χ2n) is 32.0. The molecule has 0 unspecified atom stereocenters. The van der Waals surface area contributed by atoms with Gasteiger partial charge in [-0.25, -0.2) is 17.6 Å². The van der Waals surface area contributed by atoms with Gasteiger partial charge in [-0.3, -0.25) is 0 Å². The molecule has 4 heterocycles. The molecular weight excluding hydrogens is 1420 g/mol. The van der Waals surface area contributed by atoms with E-state index in [1.165, 1.54) is 98.6 Å². The summed E-state index contributed by atoms with van der Waals surface area (Å²) in [6.07, 6.45) is 1.90. The van der Waals surface area contributed by atoms with Crippen molar-refractivity contribution in [3.8, 4) is 89.5 Å². The highest BCUT2D eigenvalue weighted by molar-refractivity contribution is 5.98. The number of rotatable bonds is 12. The van der Waals surface area contributed by atoms with E-state index < -0.39 is 13.7 Å². The Labute approximate surface area is 686 Å². The van der Waals surface area contributed by atoms with Gasteiger partial charge in [0.2, 0.25) is 44.8 Å². The summed E-state index contributed by atoms with van der Waals surface area (Å²) < 4.78 is 111. The molecule has 12 aromatic carbocycles. The fourth-order valence-electron chi connectivity index (χ4n) is 16.2. The SMILES string of the molecule is Cc1cc(C)c(C)c(-c2cc(-c3ccc(F)cc3)c3ccccc3[n+]2C)c1.Cc1ccc(C)c(-c2cc(-c3ccc(F)cc3)c3ccccc3[n+]2C)c1.[2H]C([2H])([2H])c1cc(C)cc(-c2cc(-c3ccc(F)cc3)c3ccc(CC(C)C)cc3[n+]2C)c1C.[2H]C([2H])([2H])c1cc(C)cc(-c2ccc3c(-c4ccc(F)cc4)cc(CC(C)C)cc3[n+]2C)c1C. The van der Waals surface area contributed by atoms with Gasteiger partial charge in [-0.05, 0) is 276 Å². The molecule has 4 nitrogen and oxygen atoms in total. The van der Waals surface area contributed by atoms with Crippen molar-refractivity contribution in [3.63, 3.8) is 0 Å². The number of aryl methyl sites for hydroxylation is 12. The molecule has 0 bridgehead atoms. The maximum absolute atomic E-state index is 13.7. The lowest BCUT2D eigenvalue weighted by Gasteiger charge is -2.14. The minimum atomic E-state index is -2.19. The highest BCUT2D eigenvalue weighted by Gasteiger charge is 2.27. The average molecular weight is 1530 g/mol. The van der Waals surface area contributed by atoms with Gasteiger partial charge in [-0.1, -0.05) is 165 Å². The van der Waals surface area contributed by atoms with Crippen molar-refractivity contribution in [1.29, 1.82) is 0 Å². The van der Waals surface area contributed by atoms with Crippen LogP contribution in [0.5, 0.6) is 0 Å². The van der Waals surface area contributed by atoms with Gasteiger partial charge in [0.1, 0.15) is 51.5 Å². The van der Waals surface area contributed by atoms with Crippen LogP contribution in [-0.4, -0.2) is 0 Å². The van der Waals surface area contributed by atoms with E-state index in [2.05, 4.69) is 240 Å². The second-order valence-corrected chi connectivity index (χ2v) is 32.0. The molecule has 0 aliphatic rings. The van der Waals surface area contributed by atoms with E-state index in [4.69, 9.17) is 8.22 Å². The van der Waals surface area contributed by atoms with Crippen molar-refractivity contribution >= 4 is 43.6 Å². The minimum Gasteiger partial charge on any atom is -0.207 e. The van der Waals surface area contributed by atoms with Gasteiger partial charge < -0.3 is 0 Å². The Hall–Kier alpha value is -12.0. The van der Waals surface area contributed by atoms with E-state index >= 15 is 0 Å². The highest BCUT2D eigenvalue weighted by atomic mass is 19.1. The molecule has 0 saturated carbocycles. The van der Waals surface area contributed by atoms with Gasteiger partial charge in [0.05, 0.1) is 21.5 Å². The zero-order chi connectivity index (χ0) is 87.0. The predicted octanol–water partition coefficient (Wildman–Crippen LogP) is 26.3. The molecule has 0 N–H and O–H groups in total. The zero-order valence-electron chi connectivity index (χ0n) is 75.2. The quantitative estimate of drug-likeness (QED) is 0.0856. The third-order valence-electron chi connectivity index (χ3n) is 22.4. The number of benzene rings is 12. The standard InChI is InChI=1S/2C29H31FN.C25H23FN.C24H21FN/c1-18(2)13-22-7-12-25-27(23-8-10-24(30)11-9-23)17-29(31(6)28(25)16-22)26-15-19(3)14-20(4)21(26)5;1-18(2)13-22-16-27(23-7-9-24(30)10-8-23)25-11-12-28(31(6)29(25)17-22)26-15-19(3)14-20(4)21(26)5;1-16-13-17(2)18(3)22(14-16)25-15-23(19-9-11-20(26)12-10-19)21-7-5-6-8-24(21)27(25)4;1-16-8-9-17(2)21(14-16)24-15-22(18-10-12-19(25)13-11-18)20-6-4-5-7-23(20)26(24)3/h2*7-12,14-18H,13H2,1-6H3;5-15H,1-4H3;4-15H,1-3H3/q4*+1/i2*4D3;;. The van der Waals surface area contributed by atoms with Gasteiger partial charge in [-0.15, -0.1) is 0 Å². The van der Waals surface area contributed by atoms with E-state index in [9.17, 15) is 17.6 Å². The Morgan fingerprint density at radius 3 is 1.00 bits per heavy atom. The molecule has 16 rings (SSSR count).